The van der Waals surface area contributed by atoms with Gasteiger partial charge in [-0.3, -0.25) is 9.59 Å². The highest BCUT2D eigenvalue weighted by Crippen LogP contribution is 2.22. The van der Waals surface area contributed by atoms with Crippen LogP contribution in [0.1, 0.15) is 27.3 Å². The van der Waals surface area contributed by atoms with Gasteiger partial charge < -0.3 is 9.47 Å². The van der Waals surface area contributed by atoms with Gasteiger partial charge in [0.15, 0.2) is 0 Å². The molecule has 152 valence electrons. The number of aromatic nitrogens is 3. The van der Waals surface area contributed by atoms with E-state index in [-0.39, 0.29) is 11.5 Å². The molecule has 0 aliphatic rings. The van der Waals surface area contributed by atoms with Crippen LogP contribution >= 0.6 is 0 Å². The number of aryl methyl sites for hydroxylation is 2. The number of fused-ring (bicyclic) bond motifs is 1. The van der Waals surface area contributed by atoms with E-state index in [0.717, 1.165) is 33.5 Å². The second-order valence-corrected chi connectivity index (χ2v) is 7.53. The first-order valence-corrected chi connectivity index (χ1v) is 9.83. The Morgan fingerprint density at radius 1 is 1.03 bits per heavy atom. The summed E-state index contributed by atoms with van der Waals surface area (Å²) in [5.74, 6) is -0.185. The molecule has 1 amide bonds. The molecule has 0 bridgehead atoms. The van der Waals surface area contributed by atoms with Crippen LogP contribution in [0.25, 0.3) is 16.6 Å². The fourth-order valence-corrected chi connectivity index (χ4v) is 3.83. The highest BCUT2D eigenvalue weighted by Gasteiger charge is 2.20. The van der Waals surface area contributed by atoms with E-state index < -0.39 is 0 Å². The number of para-hydroxylation sites is 2. The van der Waals surface area contributed by atoms with Crippen molar-refractivity contribution in [3.05, 3.63) is 93.5 Å². The normalized spacial score (nSPS) is 11.1. The molecule has 2 aromatic heterocycles. The van der Waals surface area contributed by atoms with Gasteiger partial charge in [0.05, 0.1) is 22.5 Å². The van der Waals surface area contributed by atoms with Crippen LogP contribution in [0, 0.1) is 13.8 Å². The van der Waals surface area contributed by atoms with Crippen molar-refractivity contribution in [2.75, 3.05) is 7.05 Å². The number of nitrogens with zero attached hydrogens (tertiary/aromatic N) is 4. The number of amides is 1. The summed E-state index contributed by atoms with van der Waals surface area (Å²) in [4.78, 5) is 27.3. The number of rotatable bonds is 4. The van der Waals surface area contributed by atoms with E-state index in [9.17, 15) is 9.59 Å². The van der Waals surface area contributed by atoms with Gasteiger partial charge in [0.25, 0.3) is 11.5 Å². The SMILES string of the molecule is Cc1nn(-c2ccccc2)c(C)c1CN(C)C(=O)c1cc(=O)n(C)c2ccccc12. The minimum Gasteiger partial charge on any atom is -0.337 e. The zero-order chi connectivity index (χ0) is 21.4. The molecule has 0 saturated carbocycles. The van der Waals surface area contributed by atoms with E-state index in [4.69, 9.17) is 0 Å². The molecular formula is C24H24N4O2. The maximum absolute atomic E-state index is 13.3. The van der Waals surface area contributed by atoms with Gasteiger partial charge in [-0.05, 0) is 32.0 Å². The Balaban J connectivity index is 1.69. The quantitative estimate of drug-likeness (QED) is 0.526. The molecule has 0 spiro atoms. The molecule has 0 radical (unpaired) electrons. The van der Waals surface area contributed by atoms with Crippen molar-refractivity contribution in [3.8, 4) is 5.69 Å². The lowest BCUT2D eigenvalue weighted by atomic mass is 10.1. The lowest BCUT2D eigenvalue weighted by molar-refractivity contribution is 0.0786. The number of carbonyl (C=O) groups is 1. The number of benzene rings is 2. The standard InChI is InChI=1S/C24H24N4O2/c1-16-21(17(2)28(25-16)18-10-6-5-7-11-18)15-26(3)24(30)20-14-23(29)27(4)22-13-9-8-12-19(20)22/h5-14H,15H2,1-4H3. The van der Waals surface area contributed by atoms with Crippen molar-refractivity contribution >= 4 is 16.8 Å². The molecule has 4 aromatic rings. The Hall–Kier alpha value is -3.67. The van der Waals surface area contributed by atoms with Gasteiger partial charge in [-0.2, -0.15) is 5.10 Å². The Labute approximate surface area is 175 Å². The zero-order valence-corrected chi connectivity index (χ0v) is 17.6. The van der Waals surface area contributed by atoms with Gasteiger partial charge in [-0.1, -0.05) is 36.4 Å². The lowest BCUT2D eigenvalue weighted by Crippen LogP contribution is -2.29. The van der Waals surface area contributed by atoms with Crippen molar-refractivity contribution in [2.45, 2.75) is 20.4 Å². The van der Waals surface area contributed by atoms with Gasteiger partial charge in [0.2, 0.25) is 0 Å². The van der Waals surface area contributed by atoms with Crippen LogP contribution < -0.4 is 5.56 Å². The van der Waals surface area contributed by atoms with E-state index in [1.54, 1.807) is 23.6 Å². The molecular weight excluding hydrogens is 376 g/mol. The van der Waals surface area contributed by atoms with Gasteiger partial charge in [0, 0.05) is 43.4 Å². The number of carbonyl (C=O) groups excluding carboxylic acids is 1. The molecule has 30 heavy (non-hydrogen) atoms. The van der Waals surface area contributed by atoms with E-state index in [2.05, 4.69) is 5.10 Å². The molecule has 0 aliphatic heterocycles. The van der Waals surface area contributed by atoms with Gasteiger partial charge >= 0.3 is 0 Å². The third kappa shape index (κ3) is 3.30. The summed E-state index contributed by atoms with van der Waals surface area (Å²) >= 11 is 0. The second kappa shape index (κ2) is 7.63. The van der Waals surface area contributed by atoms with Crippen LogP contribution in [0.3, 0.4) is 0 Å². The van der Waals surface area contributed by atoms with E-state index in [1.807, 2.05) is 73.1 Å². The predicted molar refractivity (Wildman–Crippen MR) is 118 cm³/mol. The Bertz CT molecular complexity index is 1300. The lowest BCUT2D eigenvalue weighted by Gasteiger charge is -2.19. The fourth-order valence-electron chi connectivity index (χ4n) is 3.83. The maximum Gasteiger partial charge on any atom is 0.254 e. The van der Waals surface area contributed by atoms with Gasteiger partial charge in [-0.25, -0.2) is 4.68 Å². The summed E-state index contributed by atoms with van der Waals surface area (Å²) in [5.41, 5.74) is 4.82. The van der Waals surface area contributed by atoms with Crippen molar-refractivity contribution in [1.82, 2.24) is 19.2 Å². The molecule has 0 saturated heterocycles. The highest BCUT2D eigenvalue weighted by atomic mass is 16.2. The van der Waals surface area contributed by atoms with Crippen LogP contribution in [0.5, 0.6) is 0 Å². The molecule has 0 N–H and O–H groups in total. The molecule has 2 heterocycles. The predicted octanol–water partition coefficient (Wildman–Crippen LogP) is 3.61. The third-order valence-electron chi connectivity index (χ3n) is 5.57. The van der Waals surface area contributed by atoms with E-state index in [1.165, 1.54) is 6.07 Å². The largest absolute Gasteiger partial charge is 0.337 e. The first kappa shape index (κ1) is 19.6. The Morgan fingerprint density at radius 2 is 1.70 bits per heavy atom. The fraction of sp³-hybridized carbons (Fsp3) is 0.208. The minimum atomic E-state index is -0.199. The molecule has 2 aromatic carbocycles. The smallest absolute Gasteiger partial charge is 0.254 e. The van der Waals surface area contributed by atoms with Crippen LogP contribution in [-0.4, -0.2) is 32.2 Å². The Morgan fingerprint density at radius 3 is 2.43 bits per heavy atom. The summed E-state index contributed by atoms with van der Waals surface area (Å²) in [7, 11) is 3.47. The van der Waals surface area contributed by atoms with Crippen molar-refractivity contribution in [2.24, 2.45) is 7.05 Å². The van der Waals surface area contributed by atoms with Crippen molar-refractivity contribution in [3.63, 3.8) is 0 Å². The molecule has 0 atom stereocenters. The van der Waals surface area contributed by atoms with Crippen LogP contribution in [0.2, 0.25) is 0 Å². The first-order valence-electron chi connectivity index (χ1n) is 9.83. The van der Waals surface area contributed by atoms with Gasteiger partial charge in [0.1, 0.15) is 0 Å². The summed E-state index contributed by atoms with van der Waals surface area (Å²) in [5, 5.41) is 5.43. The topological polar surface area (TPSA) is 60.1 Å². The second-order valence-electron chi connectivity index (χ2n) is 7.53. The molecule has 6 nitrogen and oxygen atoms in total. The monoisotopic (exact) mass is 400 g/mol. The average Bonchev–Trinajstić information content (AvgIpc) is 3.04. The summed E-state index contributed by atoms with van der Waals surface area (Å²) in [6, 6.07) is 18.8. The summed E-state index contributed by atoms with van der Waals surface area (Å²) in [6.45, 7) is 4.37. The van der Waals surface area contributed by atoms with Crippen LogP contribution in [0.4, 0.5) is 0 Å². The molecule has 6 heteroatoms. The first-order chi connectivity index (χ1) is 14.4. The van der Waals surface area contributed by atoms with Crippen LogP contribution in [-0.2, 0) is 13.6 Å². The van der Waals surface area contributed by atoms with E-state index in [0.29, 0.717) is 12.1 Å². The summed E-state index contributed by atoms with van der Waals surface area (Å²) < 4.78 is 3.46. The zero-order valence-electron chi connectivity index (χ0n) is 17.6. The third-order valence-corrected chi connectivity index (χ3v) is 5.57. The van der Waals surface area contributed by atoms with Crippen molar-refractivity contribution < 1.29 is 4.79 Å². The molecule has 0 aliphatic carbocycles. The highest BCUT2D eigenvalue weighted by molar-refractivity contribution is 6.06. The average molecular weight is 400 g/mol. The number of pyridine rings is 1. The number of hydrogen-bond donors (Lipinski definition) is 0. The van der Waals surface area contributed by atoms with Crippen LogP contribution in [0.15, 0.2) is 65.5 Å². The summed E-state index contributed by atoms with van der Waals surface area (Å²) in [6.07, 6.45) is 0. The molecule has 0 fully saturated rings. The van der Waals surface area contributed by atoms with Crippen molar-refractivity contribution in [1.29, 1.82) is 0 Å². The molecule has 0 unspecified atom stereocenters. The number of hydrogen-bond acceptors (Lipinski definition) is 3. The molecule has 4 rings (SSSR count). The minimum absolute atomic E-state index is 0.185. The maximum atomic E-state index is 13.3. The Kier molecular flexibility index (Phi) is 4.99. The van der Waals surface area contributed by atoms with E-state index >= 15 is 0 Å². The van der Waals surface area contributed by atoms with Gasteiger partial charge in [-0.15, -0.1) is 0 Å².